The molecule has 2 rings (SSSR count). The second kappa shape index (κ2) is 5.65. The lowest BCUT2D eigenvalue weighted by atomic mass is 10.2. The Kier molecular flexibility index (Phi) is 4.25. The number of hydrogen-bond acceptors (Lipinski definition) is 4. The third kappa shape index (κ3) is 4.18. The van der Waals surface area contributed by atoms with Crippen molar-refractivity contribution in [3.8, 4) is 5.75 Å². The first kappa shape index (κ1) is 15.8. The summed E-state index contributed by atoms with van der Waals surface area (Å²) in [7, 11) is -3.52. The predicted molar refractivity (Wildman–Crippen MR) is 76.7 cm³/mol. The number of sulfonamides is 1. The highest BCUT2D eigenvalue weighted by Crippen LogP contribution is 2.45. The third-order valence-electron chi connectivity index (χ3n) is 3.53. The quantitative estimate of drug-likeness (QED) is 0.798. The molecule has 0 heterocycles. The highest BCUT2D eigenvalue weighted by atomic mass is 32.2. The van der Waals surface area contributed by atoms with Crippen LogP contribution in [0.3, 0.4) is 0 Å². The summed E-state index contributed by atoms with van der Waals surface area (Å²) in [4.78, 5) is 10.5. The van der Waals surface area contributed by atoms with E-state index in [-0.39, 0.29) is 29.4 Å². The molecule has 1 aliphatic rings. The van der Waals surface area contributed by atoms with E-state index in [0.717, 1.165) is 6.42 Å². The van der Waals surface area contributed by atoms with Crippen molar-refractivity contribution in [2.45, 2.75) is 37.6 Å². The molecular weight excluding hydrogens is 294 g/mol. The van der Waals surface area contributed by atoms with Gasteiger partial charge in [-0.2, -0.15) is 0 Å². The Morgan fingerprint density at radius 2 is 1.95 bits per heavy atom. The van der Waals surface area contributed by atoms with E-state index in [0.29, 0.717) is 5.75 Å². The summed E-state index contributed by atoms with van der Waals surface area (Å²) >= 11 is 0. The van der Waals surface area contributed by atoms with Crippen LogP contribution in [-0.2, 0) is 14.8 Å². The third-order valence-corrected chi connectivity index (χ3v) is 5.02. The molecule has 1 saturated carbocycles. The summed E-state index contributed by atoms with van der Waals surface area (Å²) in [6.07, 6.45) is 0.737. The van der Waals surface area contributed by atoms with Crippen LogP contribution < -0.4 is 9.46 Å². The van der Waals surface area contributed by atoms with Crippen LogP contribution in [0.1, 0.15) is 26.7 Å². The Morgan fingerprint density at radius 1 is 1.38 bits per heavy atom. The second-order valence-corrected chi connectivity index (χ2v) is 7.54. The molecule has 2 N–H and O–H groups in total. The number of carboxylic acid groups (broad SMARTS) is 1. The molecule has 1 atom stereocenters. The topological polar surface area (TPSA) is 92.7 Å². The fourth-order valence-electron chi connectivity index (χ4n) is 1.89. The van der Waals surface area contributed by atoms with Crippen molar-refractivity contribution >= 4 is 16.0 Å². The summed E-state index contributed by atoms with van der Waals surface area (Å²) in [5, 5.41) is 8.51. The van der Waals surface area contributed by atoms with Crippen molar-refractivity contribution in [1.29, 1.82) is 0 Å². The Hall–Kier alpha value is -1.60. The molecule has 0 aromatic heterocycles. The van der Waals surface area contributed by atoms with Crippen LogP contribution >= 0.6 is 0 Å². The molecule has 1 unspecified atom stereocenters. The molecule has 1 fully saturated rings. The molecule has 0 amide bonds. The van der Waals surface area contributed by atoms with Crippen LogP contribution in [0.4, 0.5) is 0 Å². The number of aliphatic carboxylic acids is 1. The van der Waals surface area contributed by atoms with E-state index >= 15 is 0 Å². The summed E-state index contributed by atoms with van der Waals surface area (Å²) < 4.78 is 32.2. The molecular formula is C14H19NO5S. The van der Waals surface area contributed by atoms with E-state index < -0.39 is 16.0 Å². The van der Waals surface area contributed by atoms with Crippen LogP contribution in [0.5, 0.6) is 5.75 Å². The molecule has 0 radical (unpaired) electrons. The summed E-state index contributed by atoms with van der Waals surface area (Å²) in [5.74, 6) is -0.493. The first-order valence-corrected chi connectivity index (χ1v) is 8.16. The number of carbonyl (C=O) groups is 1. The van der Waals surface area contributed by atoms with Crippen LogP contribution in [0, 0.1) is 5.41 Å². The molecule has 0 bridgehead atoms. The van der Waals surface area contributed by atoms with Gasteiger partial charge in [0.1, 0.15) is 5.75 Å². The van der Waals surface area contributed by atoms with Gasteiger partial charge >= 0.3 is 5.97 Å². The Bertz CT molecular complexity index is 621. The van der Waals surface area contributed by atoms with E-state index in [4.69, 9.17) is 9.84 Å². The maximum Gasteiger partial charge on any atom is 0.306 e. The Labute approximate surface area is 124 Å². The van der Waals surface area contributed by atoms with Gasteiger partial charge in [0, 0.05) is 6.04 Å². The van der Waals surface area contributed by atoms with Crippen molar-refractivity contribution in [3.63, 3.8) is 0 Å². The first-order chi connectivity index (χ1) is 9.71. The summed E-state index contributed by atoms with van der Waals surface area (Å²) in [6, 6.07) is 5.93. The van der Waals surface area contributed by atoms with Crippen LogP contribution in [0.2, 0.25) is 0 Å². The molecule has 1 aromatic carbocycles. The van der Waals surface area contributed by atoms with Gasteiger partial charge in [-0.05, 0) is 36.1 Å². The zero-order chi connectivity index (χ0) is 15.7. The van der Waals surface area contributed by atoms with Crippen molar-refractivity contribution in [2.75, 3.05) is 6.61 Å². The van der Waals surface area contributed by atoms with Gasteiger partial charge in [-0.3, -0.25) is 4.79 Å². The average molecular weight is 313 g/mol. The van der Waals surface area contributed by atoms with Gasteiger partial charge in [0.2, 0.25) is 10.0 Å². The van der Waals surface area contributed by atoms with Gasteiger partial charge in [-0.1, -0.05) is 13.8 Å². The van der Waals surface area contributed by atoms with Gasteiger partial charge in [0.25, 0.3) is 0 Å². The minimum absolute atomic E-state index is 0.0195. The van der Waals surface area contributed by atoms with E-state index in [1.165, 1.54) is 24.3 Å². The SMILES string of the molecule is CC1(C)CC1NS(=O)(=O)c1ccc(OCCC(=O)O)cc1. The van der Waals surface area contributed by atoms with Gasteiger partial charge in [-0.15, -0.1) is 0 Å². The molecule has 21 heavy (non-hydrogen) atoms. The fraction of sp³-hybridized carbons (Fsp3) is 0.500. The zero-order valence-electron chi connectivity index (χ0n) is 12.0. The highest BCUT2D eigenvalue weighted by Gasteiger charge is 2.47. The minimum Gasteiger partial charge on any atom is -0.493 e. The van der Waals surface area contributed by atoms with Crippen molar-refractivity contribution in [2.24, 2.45) is 5.41 Å². The van der Waals surface area contributed by atoms with Crippen molar-refractivity contribution < 1.29 is 23.1 Å². The van der Waals surface area contributed by atoms with Gasteiger partial charge in [-0.25, -0.2) is 13.1 Å². The predicted octanol–water partition coefficient (Wildman–Crippen LogP) is 1.62. The van der Waals surface area contributed by atoms with Crippen molar-refractivity contribution in [1.82, 2.24) is 4.72 Å². The smallest absolute Gasteiger partial charge is 0.306 e. The molecule has 6 nitrogen and oxygen atoms in total. The minimum atomic E-state index is -3.52. The van der Waals surface area contributed by atoms with E-state index in [1.54, 1.807) is 0 Å². The molecule has 1 aliphatic carbocycles. The molecule has 0 saturated heterocycles. The highest BCUT2D eigenvalue weighted by molar-refractivity contribution is 7.89. The van der Waals surface area contributed by atoms with E-state index in [2.05, 4.69) is 4.72 Å². The Balaban J connectivity index is 1.96. The summed E-state index contributed by atoms with van der Waals surface area (Å²) in [6.45, 7) is 4.08. The molecule has 7 heteroatoms. The summed E-state index contributed by atoms with van der Waals surface area (Å²) in [5.41, 5.74) is 0.0208. The normalized spacial score (nSPS) is 20.0. The van der Waals surface area contributed by atoms with Gasteiger partial charge in [0.15, 0.2) is 0 Å². The maximum atomic E-state index is 12.2. The lowest BCUT2D eigenvalue weighted by molar-refractivity contribution is -0.137. The van der Waals surface area contributed by atoms with E-state index in [1.807, 2.05) is 13.8 Å². The lowest BCUT2D eigenvalue weighted by Crippen LogP contribution is -2.28. The largest absolute Gasteiger partial charge is 0.493 e. The molecule has 1 aromatic rings. The lowest BCUT2D eigenvalue weighted by Gasteiger charge is -2.09. The number of rotatable bonds is 7. The van der Waals surface area contributed by atoms with E-state index in [9.17, 15) is 13.2 Å². The molecule has 0 aliphatic heterocycles. The Morgan fingerprint density at radius 3 is 2.43 bits per heavy atom. The van der Waals surface area contributed by atoms with Crippen molar-refractivity contribution in [3.05, 3.63) is 24.3 Å². The second-order valence-electron chi connectivity index (χ2n) is 5.83. The molecule has 116 valence electrons. The average Bonchev–Trinajstić information content (AvgIpc) is 2.95. The van der Waals surface area contributed by atoms with Gasteiger partial charge in [0.05, 0.1) is 17.9 Å². The monoisotopic (exact) mass is 313 g/mol. The maximum absolute atomic E-state index is 12.2. The standard InChI is InChI=1S/C14H19NO5S/c1-14(2)9-12(14)15-21(18,19)11-5-3-10(4-6-11)20-8-7-13(16)17/h3-6,12,15H,7-9H2,1-2H3,(H,16,17). The van der Waals surface area contributed by atoms with Gasteiger partial charge < -0.3 is 9.84 Å². The number of hydrogen-bond donors (Lipinski definition) is 2. The number of carboxylic acids is 1. The number of nitrogens with one attached hydrogen (secondary N) is 1. The van der Waals surface area contributed by atoms with Crippen LogP contribution in [0.25, 0.3) is 0 Å². The fourth-order valence-corrected chi connectivity index (χ4v) is 3.30. The zero-order valence-corrected chi connectivity index (χ0v) is 12.8. The van der Waals surface area contributed by atoms with Crippen LogP contribution in [0.15, 0.2) is 29.2 Å². The number of ether oxygens (including phenoxy) is 1. The van der Waals surface area contributed by atoms with Crippen LogP contribution in [-0.4, -0.2) is 32.1 Å². The number of benzene rings is 1. The first-order valence-electron chi connectivity index (χ1n) is 6.68. The molecule has 0 spiro atoms.